The monoisotopic (exact) mass is 886 g/mol. The normalized spacial score (nSPS) is 37.7. The van der Waals surface area contributed by atoms with E-state index in [0.717, 1.165) is 63.0 Å². The number of ketones is 2. The second-order valence-electron chi connectivity index (χ2n) is 23.9. The minimum Gasteiger partial charge on any atom is -0.481 e. The van der Waals surface area contributed by atoms with E-state index in [9.17, 15) is 28.5 Å². The summed E-state index contributed by atoms with van der Waals surface area (Å²) >= 11 is 0. The molecule has 1 saturated heterocycles. The SMILES string of the molecule is CC(C)C1=C2C3CCC4C(C)(CCC5C(C)(C)C(CC(=O)C6CC(C(=O)O)C6C)CCC54C)C3CCC2(CCNCC(C)(C)NC(=O)c2ccc(N3CCS(=O)CC3)cc2)CC1=O. The lowest BCUT2D eigenvalue weighted by atomic mass is 9.35. The van der Waals surface area contributed by atoms with Gasteiger partial charge in [0.2, 0.25) is 0 Å². The van der Waals surface area contributed by atoms with E-state index in [4.69, 9.17) is 0 Å². The molecule has 8 rings (SSSR count). The van der Waals surface area contributed by atoms with Crippen LogP contribution < -0.4 is 15.5 Å². The molecule has 6 aliphatic carbocycles. The first-order valence-electron chi connectivity index (χ1n) is 24.9. The van der Waals surface area contributed by atoms with Gasteiger partial charge in [0.05, 0.1) is 5.92 Å². The number of carbonyl (C=O) groups excluding carboxylic acids is 3. The molecule has 1 heterocycles. The van der Waals surface area contributed by atoms with Gasteiger partial charge < -0.3 is 20.6 Å². The summed E-state index contributed by atoms with van der Waals surface area (Å²) in [5.41, 5.74) is 4.26. The molecule has 1 aliphatic heterocycles. The summed E-state index contributed by atoms with van der Waals surface area (Å²) in [4.78, 5) is 55.1. The second-order valence-corrected chi connectivity index (χ2v) is 25.6. The lowest BCUT2D eigenvalue weighted by Gasteiger charge is -2.69. The summed E-state index contributed by atoms with van der Waals surface area (Å²) < 4.78 is 11.8. The molecular formula is C53H79N3O6S. The second kappa shape index (κ2) is 17.1. The van der Waals surface area contributed by atoms with Gasteiger partial charge in [0.1, 0.15) is 5.78 Å². The Kier molecular flexibility index (Phi) is 12.7. The Morgan fingerprint density at radius 1 is 0.905 bits per heavy atom. The van der Waals surface area contributed by atoms with Gasteiger partial charge in [0.15, 0.2) is 5.78 Å². The van der Waals surface area contributed by atoms with Crippen molar-refractivity contribution in [3.8, 4) is 0 Å². The lowest BCUT2D eigenvalue weighted by molar-refractivity contribution is -0.193. The summed E-state index contributed by atoms with van der Waals surface area (Å²) in [7, 11) is -0.729. The van der Waals surface area contributed by atoms with Gasteiger partial charge in [0, 0.05) is 82.9 Å². The minimum atomic E-state index is -0.759. The number of carboxylic acids is 1. The van der Waals surface area contributed by atoms with Crippen LogP contribution in [0.2, 0.25) is 0 Å². The van der Waals surface area contributed by atoms with Gasteiger partial charge in [-0.05, 0) is 172 Å². The molecule has 5 saturated carbocycles. The van der Waals surface area contributed by atoms with Crippen molar-refractivity contribution in [2.45, 2.75) is 145 Å². The number of fused-ring (bicyclic) bond motifs is 7. The van der Waals surface area contributed by atoms with Crippen LogP contribution in [0.15, 0.2) is 35.4 Å². The lowest BCUT2D eigenvalue weighted by Crippen LogP contribution is -2.62. The van der Waals surface area contributed by atoms with Crippen LogP contribution in [-0.2, 0) is 25.2 Å². The quantitative estimate of drug-likeness (QED) is 0.167. The fourth-order valence-corrected chi connectivity index (χ4v) is 17.0. The Balaban J connectivity index is 0.911. The van der Waals surface area contributed by atoms with Crippen molar-refractivity contribution in [3.05, 3.63) is 41.0 Å². The van der Waals surface area contributed by atoms with Crippen molar-refractivity contribution in [1.82, 2.24) is 10.6 Å². The van der Waals surface area contributed by atoms with Crippen molar-refractivity contribution in [2.24, 2.45) is 74.9 Å². The van der Waals surface area contributed by atoms with Crippen LogP contribution in [0.5, 0.6) is 0 Å². The molecule has 11 unspecified atom stereocenters. The average Bonchev–Trinajstić information content (AvgIpc) is 3.52. The number of nitrogens with zero attached hydrogens (tertiary/aromatic N) is 1. The van der Waals surface area contributed by atoms with Gasteiger partial charge in [-0.25, -0.2) is 0 Å². The van der Waals surface area contributed by atoms with Gasteiger partial charge in [-0.2, -0.15) is 0 Å². The third-order valence-corrected chi connectivity index (χ3v) is 20.7. The molecule has 0 aromatic heterocycles. The molecule has 0 radical (unpaired) electrons. The van der Waals surface area contributed by atoms with E-state index >= 15 is 0 Å². The molecule has 11 atom stereocenters. The van der Waals surface area contributed by atoms with Gasteiger partial charge in [-0.15, -0.1) is 0 Å². The summed E-state index contributed by atoms with van der Waals surface area (Å²) in [6.45, 7) is 23.7. The number of aliphatic carboxylic acids is 1. The highest BCUT2D eigenvalue weighted by molar-refractivity contribution is 7.85. The number of nitrogens with one attached hydrogen (secondary N) is 2. The van der Waals surface area contributed by atoms with Gasteiger partial charge >= 0.3 is 5.97 Å². The highest BCUT2D eigenvalue weighted by atomic mass is 32.2. The molecule has 7 aliphatic rings. The molecule has 1 aromatic rings. The first-order chi connectivity index (χ1) is 29.6. The van der Waals surface area contributed by atoms with Gasteiger partial charge in [-0.3, -0.25) is 23.4 Å². The smallest absolute Gasteiger partial charge is 0.306 e. The van der Waals surface area contributed by atoms with Crippen molar-refractivity contribution in [2.75, 3.05) is 42.6 Å². The highest BCUT2D eigenvalue weighted by Crippen LogP contribution is 2.74. The maximum absolute atomic E-state index is 14.2. The van der Waals surface area contributed by atoms with E-state index in [1.165, 1.54) is 31.3 Å². The molecule has 0 bridgehead atoms. The molecule has 63 heavy (non-hydrogen) atoms. The molecule has 348 valence electrons. The largest absolute Gasteiger partial charge is 0.481 e. The van der Waals surface area contributed by atoms with E-state index < -0.39 is 22.3 Å². The molecule has 9 nitrogen and oxygen atoms in total. The predicted molar refractivity (Wildman–Crippen MR) is 252 cm³/mol. The van der Waals surface area contributed by atoms with Gasteiger partial charge in [0.25, 0.3) is 5.91 Å². The zero-order valence-electron chi connectivity index (χ0n) is 40.1. The van der Waals surface area contributed by atoms with Crippen LogP contribution in [0.4, 0.5) is 5.69 Å². The molecule has 0 spiro atoms. The highest BCUT2D eigenvalue weighted by Gasteiger charge is 2.66. The first-order valence-corrected chi connectivity index (χ1v) is 26.4. The zero-order valence-corrected chi connectivity index (χ0v) is 40.9. The van der Waals surface area contributed by atoms with Crippen LogP contribution in [0.25, 0.3) is 0 Å². The molecule has 10 heteroatoms. The Bertz CT molecular complexity index is 2010. The van der Waals surface area contributed by atoms with Crippen LogP contribution in [0.3, 0.4) is 0 Å². The van der Waals surface area contributed by atoms with Crippen LogP contribution >= 0.6 is 0 Å². The summed E-state index contributed by atoms with van der Waals surface area (Å²) in [5.74, 6) is 3.41. The average molecular weight is 886 g/mol. The number of carboxylic acid groups (broad SMARTS) is 1. The fourth-order valence-electron chi connectivity index (χ4n) is 16.0. The Morgan fingerprint density at radius 2 is 1.59 bits per heavy atom. The van der Waals surface area contributed by atoms with Gasteiger partial charge in [-0.1, -0.05) is 54.0 Å². The zero-order chi connectivity index (χ0) is 45.4. The number of anilines is 1. The standard InChI is InChI=1S/C53H79N3O6S/c1-32(2)45-42(58)30-53(22-23-54-31-49(4,5)55-47(59)34-10-12-36(13-11-34)56-24-26-63(62)27-25-56)21-17-40-37(46(45)53)14-15-44-51(40,8)20-18-43-50(6,7)35(16-19-52(43,44)9)28-41(57)38-29-39(33(38)3)48(60)61/h10-13,32-33,35,37-40,43-44,54H,14-31H2,1-9H3,(H,55,59)(H,60,61). The third-order valence-electron chi connectivity index (χ3n) is 19.4. The van der Waals surface area contributed by atoms with Crippen molar-refractivity contribution < 1.29 is 28.5 Å². The predicted octanol–water partition coefficient (Wildman–Crippen LogP) is 9.27. The number of Topliss-reactive ketones (excluding diaryl/α,β-unsaturated/α-hetero) is 2. The molecule has 1 amide bonds. The van der Waals surface area contributed by atoms with E-state index in [2.05, 4.69) is 70.9 Å². The van der Waals surface area contributed by atoms with Crippen LogP contribution in [0, 0.1) is 74.9 Å². The van der Waals surface area contributed by atoms with E-state index in [-0.39, 0.29) is 51.2 Å². The van der Waals surface area contributed by atoms with Crippen molar-refractivity contribution in [1.29, 1.82) is 0 Å². The molecule has 6 fully saturated rings. The number of allylic oxidation sites excluding steroid dienone is 2. The summed E-state index contributed by atoms with van der Waals surface area (Å²) in [5, 5.41) is 16.6. The Labute approximate surface area is 381 Å². The number of hydrogen-bond donors (Lipinski definition) is 3. The Morgan fingerprint density at radius 3 is 2.24 bits per heavy atom. The Hall–Kier alpha value is -2.85. The molecule has 1 aromatic carbocycles. The number of rotatable bonds is 13. The number of carbonyl (C=O) groups is 4. The van der Waals surface area contributed by atoms with Crippen molar-refractivity contribution in [3.63, 3.8) is 0 Å². The third kappa shape index (κ3) is 8.24. The number of benzene rings is 1. The first kappa shape index (κ1) is 46.7. The van der Waals surface area contributed by atoms with Crippen LogP contribution in [-0.4, -0.2) is 76.0 Å². The van der Waals surface area contributed by atoms with E-state index in [1.54, 1.807) is 0 Å². The number of hydrogen-bond acceptors (Lipinski definition) is 7. The minimum absolute atomic E-state index is 0.0424. The molecular weight excluding hydrogens is 807 g/mol. The van der Waals surface area contributed by atoms with E-state index in [1.807, 2.05) is 31.2 Å². The van der Waals surface area contributed by atoms with E-state index in [0.29, 0.717) is 84.0 Å². The number of amides is 1. The summed E-state index contributed by atoms with van der Waals surface area (Å²) in [6, 6.07) is 7.77. The van der Waals surface area contributed by atoms with Crippen molar-refractivity contribution >= 4 is 39.9 Å². The fraction of sp³-hybridized carbons (Fsp3) is 0.774. The topological polar surface area (TPSA) is 133 Å². The maximum atomic E-state index is 14.2. The summed E-state index contributed by atoms with van der Waals surface area (Å²) in [6.07, 6.45) is 11.9. The van der Waals surface area contributed by atoms with Crippen LogP contribution in [0.1, 0.15) is 150 Å². The maximum Gasteiger partial charge on any atom is 0.306 e. The molecule has 3 N–H and O–H groups in total.